The summed E-state index contributed by atoms with van der Waals surface area (Å²) in [7, 11) is 1.64. The highest BCUT2D eigenvalue weighted by molar-refractivity contribution is 5.95. The first kappa shape index (κ1) is 27.1. The van der Waals surface area contributed by atoms with Crippen molar-refractivity contribution in [3.8, 4) is 16.9 Å². The quantitative estimate of drug-likeness (QED) is 0.191. The van der Waals surface area contributed by atoms with Crippen LogP contribution in [0, 0.1) is 5.82 Å². The Morgan fingerprint density at radius 3 is 2.52 bits per heavy atom. The Morgan fingerprint density at radius 1 is 1.02 bits per heavy atom. The molecule has 0 radical (unpaired) electrons. The van der Waals surface area contributed by atoms with Gasteiger partial charge >= 0.3 is 0 Å². The number of amides is 1. The van der Waals surface area contributed by atoms with E-state index in [9.17, 15) is 14.3 Å². The van der Waals surface area contributed by atoms with Gasteiger partial charge in [-0.15, -0.1) is 0 Å². The third-order valence-corrected chi connectivity index (χ3v) is 7.13. The number of aliphatic imine (C=N–C) groups is 1. The minimum atomic E-state index is -0.715. The number of hydrogen-bond acceptors (Lipinski definition) is 4. The Labute approximate surface area is 233 Å². The number of rotatable bonds is 8. The predicted molar refractivity (Wildman–Crippen MR) is 156 cm³/mol. The van der Waals surface area contributed by atoms with Crippen LogP contribution in [0.25, 0.3) is 11.1 Å². The van der Waals surface area contributed by atoms with E-state index in [4.69, 9.17) is 4.74 Å². The van der Waals surface area contributed by atoms with Gasteiger partial charge in [-0.1, -0.05) is 48.5 Å². The van der Waals surface area contributed by atoms with Gasteiger partial charge in [0.2, 0.25) is 0 Å². The van der Waals surface area contributed by atoms with Crippen molar-refractivity contribution in [3.05, 3.63) is 119 Å². The van der Waals surface area contributed by atoms with Gasteiger partial charge in [0.25, 0.3) is 5.91 Å². The van der Waals surface area contributed by atoms with Gasteiger partial charge in [0, 0.05) is 29.8 Å². The van der Waals surface area contributed by atoms with E-state index in [2.05, 4.69) is 15.6 Å². The normalized spacial score (nSPS) is 16.4. The number of amidine groups is 1. The van der Waals surface area contributed by atoms with E-state index in [1.807, 2.05) is 61.5 Å². The lowest BCUT2D eigenvalue weighted by Gasteiger charge is -2.19. The molecule has 0 bridgehead atoms. The number of carbonyl (C=O) groups is 1. The maximum atomic E-state index is 13.1. The average molecular weight is 538 g/mol. The van der Waals surface area contributed by atoms with Crippen molar-refractivity contribution in [3.63, 3.8) is 0 Å². The third kappa shape index (κ3) is 6.21. The maximum Gasteiger partial charge on any atom is 0.251 e. The number of methoxy groups -OCH3 is 1. The summed E-state index contributed by atoms with van der Waals surface area (Å²) in [6.07, 6.45) is 0.467. The highest BCUT2D eigenvalue weighted by atomic mass is 19.1. The molecule has 2 atom stereocenters. The molecule has 4 aromatic rings. The number of nitrogens with zero attached hydrogens (tertiary/aromatic N) is 1. The zero-order valence-electron chi connectivity index (χ0n) is 22.5. The molecular formula is C33H32FN3O3. The molecule has 0 fully saturated rings. The van der Waals surface area contributed by atoms with Crippen LogP contribution in [0.15, 0.2) is 96.0 Å². The summed E-state index contributed by atoms with van der Waals surface area (Å²) < 4.78 is 18.6. The molecule has 4 aromatic carbocycles. The Bertz CT molecular complexity index is 1520. The SMILES string of the molecule is COc1ccccc1-c1ccc(C(=O)N[C@@H]2c3cc(NC(C)=NCCc4ccc(F)cc4)ccc3C[C@H]2O)cc1. The number of fused-ring (bicyclic) bond motifs is 1. The number of para-hydroxylation sites is 1. The average Bonchev–Trinajstić information content (AvgIpc) is 3.28. The summed E-state index contributed by atoms with van der Waals surface area (Å²) in [5.74, 6) is 1.02. The molecule has 0 spiro atoms. The first-order valence-corrected chi connectivity index (χ1v) is 13.3. The van der Waals surface area contributed by atoms with Gasteiger partial charge in [0.1, 0.15) is 11.6 Å². The van der Waals surface area contributed by atoms with Crippen LogP contribution in [0.4, 0.5) is 10.1 Å². The van der Waals surface area contributed by atoms with E-state index in [1.165, 1.54) is 12.1 Å². The van der Waals surface area contributed by atoms with E-state index >= 15 is 0 Å². The van der Waals surface area contributed by atoms with Gasteiger partial charge in [-0.2, -0.15) is 0 Å². The Balaban J connectivity index is 1.24. The number of aliphatic hydroxyl groups is 1. The molecule has 1 aliphatic carbocycles. The summed E-state index contributed by atoms with van der Waals surface area (Å²) in [6, 6.07) is 26.9. The molecule has 0 saturated heterocycles. The molecule has 7 heteroatoms. The van der Waals surface area contributed by atoms with Gasteiger partial charge < -0.3 is 20.5 Å². The lowest BCUT2D eigenvalue weighted by Crippen LogP contribution is -2.33. The molecule has 0 aliphatic heterocycles. The van der Waals surface area contributed by atoms with E-state index < -0.39 is 12.1 Å². The number of hydrogen-bond donors (Lipinski definition) is 3. The number of aliphatic hydroxyl groups excluding tert-OH is 1. The predicted octanol–water partition coefficient (Wildman–Crippen LogP) is 5.96. The number of nitrogens with one attached hydrogen (secondary N) is 2. The summed E-state index contributed by atoms with van der Waals surface area (Å²) in [4.78, 5) is 17.7. The summed E-state index contributed by atoms with van der Waals surface area (Å²) in [5, 5.41) is 17.1. The molecule has 3 N–H and O–H groups in total. The lowest BCUT2D eigenvalue weighted by molar-refractivity contribution is 0.0858. The van der Waals surface area contributed by atoms with Gasteiger partial charge in [0.05, 0.1) is 25.1 Å². The van der Waals surface area contributed by atoms with Crippen LogP contribution in [0.1, 0.15) is 40.0 Å². The standard InChI is InChI=1S/C33H32FN3O3/c1-21(35-18-17-22-7-14-26(34)15-8-22)36-27-16-13-25-19-30(38)32(29(25)20-27)37-33(39)24-11-9-23(10-12-24)28-5-3-4-6-31(28)40-2/h3-16,20,30,32,38H,17-19H2,1-2H3,(H,35,36)(H,37,39)/t30-,32-/m1/s1. The van der Waals surface area contributed by atoms with Gasteiger partial charge in [0.15, 0.2) is 0 Å². The zero-order valence-corrected chi connectivity index (χ0v) is 22.5. The number of ether oxygens (including phenoxy) is 1. The molecule has 0 aromatic heterocycles. The highest BCUT2D eigenvalue weighted by Crippen LogP contribution is 2.34. The number of benzene rings is 4. The first-order valence-electron chi connectivity index (χ1n) is 13.3. The Hall–Kier alpha value is -4.49. The van der Waals surface area contributed by atoms with Crippen LogP contribution in [-0.2, 0) is 12.8 Å². The van der Waals surface area contributed by atoms with E-state index in [0.29, 0.717) is 24.9 Å². The number of carbonyl (C=O) groups excluding carboxylic acids is 1. The van der Waals surface area contributed by atoms with E-state index in [1.54, 1.807) is 31.4 Å². The second-order valence-corrected chi connectivity index (χ2v) is 9.88. The topological polar surface area (TPSA) is 83.0 Å². The number of halogens is 1. The molecule has 1 amide bonds. The van der Waals surface area contributed by atoms with Crippen LogP contribution in [0.5, 0.6) is 5.75 Å². The third-order valence-electron chi connectivity index (χ3n) is 7.13. The molecule has 204 valence electrons. The lowest BCUT2D eigenvalue weighted by atomic mass is 10.0. The minimum absolute atomic E-state index is 0.247. The second kappa shape index (κ2) is 12.1. The van der Waals surface area contributed by atoms with Gasteiger partial charge in [-0.05, 0) is 78.1 Å². The van der Waals surface area contributed by atoms with Crippen molar-refractivity contribution in [1.82, 2.24) is 5.32 Å². The summed E-state index contributed by atoms with van der Waals surface area (Å²) in [6.45, 7) is 2.46. The molecule has 0 heterocycles. The molecule has 5 rings (SSSR count). The monoisotopic (exact) mass is 537 g/mol. The molecular weight excluding hydrogens is 505 g/mol. The van der Waals surface area contributed by atoms with Crippen LogP contribution >= 0.6 is 0 Å². The maximum absolute atomic E-state index is 13.1. The minimum Gasteiger partial charge on any atom is -0.496 e. The van der Waals surface area contributed by atoms with Crippen molar-refractivity contribution in [2.45, 2.75) is 31.9 Å². The first-order chi connectivity index (χ1) is 19.4. The fraction of sp³-hybridized carbons (Fsp3) is 0.212. The van der Waals surface area contributed by atoms with Crippen molar-refractivity contribution in [2.24, 2.45) is 4.99 Å². The van der Waals surface area contributed by atoms with Crippen molar-refractivity contribution < 1.29 is 19.0 Å². The smallest absolute Gasteiger partial charge is 0.251 e. The fourth-order valence-electron chi connectivity index (χ4n) is 5.03. The molecule has 0 unspecified atom stereocenters. The van der Waals surface area contributed by atoms with Crippen molar-refractivity contribution >= 4 is 17.4 Å². The van der Waals surface area contributed by atoms with Crippen molar-refractivity contribution in [1.29, 1.82) is 0 Å². The van der Waals surface area contributed by atoms with Crippen LogP contribution in [0.2, 0.25) is 0 Å². The van der Waals surface area contributed by atoms with Crippen LogP contribution in [-0.4, -0.2) is 36.6 Å². The summed E-state index contributed by atoms with van der Waals surface area (Å²) >= 11 is 0. The molecule has 40 heavy (non-hydrogen) atoms. The largest absolute Gasteiger partial charge is 0.496 e. The highest BCUT2D eigenvalue weighted by Gasteiger charge is 2.32. The second-order valence-electron chi connectivity index (χ2n) is 9.88. The Kier molecular flexibility index (Phi) is 8.22. The van der Waals surface area contributed by atoms with Crippen molar-refractivity contribution in [2.75, 3.05) is 19.0 Å². The zero-order chi connectivity index (χ0) is 28.1. The van der Waals surface area contributed by atoms with E-state index in [-0.39, 0.29) is 11.7 Å². The van der Waals surface area contributed by atoms with Gasteiger partial charge in [-0.3, -0.25) is 9.79 Å². The van der Waals surface area contributed by atoms with Crippen LogP contribution < -0.4 is 15.4 Å². The number of anilines is 1. The van der Waals surface area contributed by atoms with Crippen LogP contribution in [0.3, 0.4) is 0 Å². The summed E-state index contributed by atoms with van der Waals surface area (Å²) in [5.41, 5.74) is 6.15. The van der Waals surface area contributed by atoms with Gasteiger partial charge in [-0.25, -0.2) is 4.39 Å². The van der Waals surface area contributed by atoms with E-state index in [0.717, 1.165) is 45.1 Å². The molecule has 0 saturated carbocycles. The fourth-order valence-corrected chi connectivity index (χ4v) is 5.03. The molecule has 6 nitrogen and oxygen atoms in total. The molecule has 1 aliphatic rings. The Morgan fingerprint density at radius 2 is 1.77 bits per heavy atom.